The predicted octanol–water partition coefficient (Wildman–Crippen LogP) is 4.19. The summed E-state index contributed by atoms with van der Waals surface area (Å²) in [7, 11) is 1.98. The summed E-state index contributed by atoms with van der Waals surface area (Å²) in [6, 6.07) is 10.9. The van der Waals surface area contributed by atoms with Gasteiger partial charge in [-0.1, -0.05) is 50.1 Å². The lowest BCUT2D eigenvalue weighted by Crippen LogP contribution is -2.58. The van der Waals surface area contributed by atoms with Gasteiger partial charge in [-0.05, 0) is 31.7 Å². The Hall–Kier alpha value is -2.63. The number of nitrogens with one attached hydrogen (secondary N) is 1. The van der Waals surface area contributed by atoms with E-state index in [1.54, 1.807) is 0 Å². The molecule has 3 atom stereocenters. The predicted molar refractivity (Wildman–Crippen MR) is 118 cm³/mol. The number of anilines is 3. The highest BCUT2D eigenvalue weighted by Crippen LogP contribution is 2.41. The van der Waals surface area contributed by atoms with Gasteiger partial charge >= 0.3 is 0 Å². The third-order valence-electron chi connectivity index (χ3n) is 6.49. The second-order valence-electron chi connectivity index (χ2n) is 8.24. The number of likely N-dealkylation sites (N-methyl/N-ethyl adjacent to an activating group) is 1. The van der Waals surface area contributed by atoms with Crippen LogP contribution >= 0.6 is 0 Å². The van der Waals surface area contributed by atoms with E-state index in [0.717, 1.165) is 24.2 Å². The Labute approximate surface area is 173 Å². The van der Waals surface area contributed by atoms with Gasteiger partial charge < -0.3 is 19.9 Å². The first kappa shape index (κ1) is 19.7. The van der Waals surface area contributed by atoms with Crippen molar-refractivity contribution in [1.82, 2.24) is 9.97 Å². The summed E-state index contributed by atoms with van der Waals surface area (Å²) in [6.07, 6.45) is 8.69. The van der Waals surface area contributed by atoms with Gasteiger partial charge in [-0.15, -0.1) is 0 Å². The molecule has 1 fully saturated rings. The van der Waals surface area contributed by atoms with Crippen LogP contribution in [0.1, 0.15) is 57.6 Å². The molecule has 29 heavy (non-hydrogen) atoms. The van der Waals surface area contributed by atoms with Gasteiger partial charge in [0, 0.05) is 13.1 Å². The van der Waals surface area contributed by atoms with Crippen molar-refractivity contribution in [1.29, 1.82) is 0 Å². The molecule has 0 amide bonds. The Bertz CT molecular complexity index is 836. The second-order valence-corrected chi connectivity index (χ2v) is 8.24. The largest absolute Gasteiger partial charge is 0.359 e. The van der Waals surface area contributed by atoms with Crippen molar-refractivity contribution in [3.05, 3.63) is 42.1 Å². The maximum absolute atomic E-state index is 12.0. The molecule has 1 aromatic heterocycles. The quantitative estimate of drug-likeness (QED) is 0.743. The number of aldehydes is 1. The van der Waals surface area contributed by atoms with Crippen LogP contribution in [0.2, 0.25) is 0 Å². The number of aromatic nitrogens is 2. The fourth-order valence-electron chi connectivity index (χ4n) is 4.88. The SMILES string of the molecule is CCC1C(C=O)N(C)c2cnc(NC(C)c3ccccc3)nc2N1C1CCCC1. The first-order valence-electron chi connectivity index (χ1n) is 10.8. The van der Waals surface area contributed by atoms with Crippen molar-refractivity contribution in [2.24, 2.45) is 0 Å². The lowest BCUT2D eigenvalue weighted by Gasteiger charge is -2.48. The third kappa shape index (κ3) is 3.68. The molecular weight excluding hydrogens is 362 g/mol. The number of benzene rings is 1. The summed E-state index contributed by atoms with van der Waals surface area (Å²) in [4.78, 5) is 26.0. The highest BCUT2D eigenvalue weighted by atomic mass is 16.1. The fraction of sp³-hybridized carbons (Fsp3) is 0.522. The first-order chi connectivity index (χ1) is 14.1. The molecule has 0 bridgehead atoms. The smallest absolute Gasteiger partial charge is 0.225 e. The Morgan fingerprint density at radius 1 is 1.24 bits per heavy atom. The highest BCUT2D eigenvalue weighted by Gasteiger charge is 2.41. The minimum Gasteiger partial charge on any atom is -0.359 e. The summed E-state index contributed by atoms with van der Waals surface area (Å²) in [5, 5.41) is 3.46. The lowest BCUT2D eigenvalue weighted by atomic mass is 9.97. The zero-order valence-corrected chi connectivity index (χ0v) is 17.6. The Balaban J connectivity index is 1.70. The van der Waals surface area contributed by atoms with Crippen LogP contribution in [0.4, 0.5) is 17.5 Å². The van der Waals surface area contributed by atoms with Crippen LogP contribution < -0.4 is 15.1 Å². The minimum absolute atomic E-state index is 0.111. The van der Waals surface area contributed by atoms with Gasteiger partial charge in [-0.3, -0.25) is 0 Å². The molecule has 2 aromatic rings. The Kier molecular flexibility index (Phi) is 5.69. The second kappa shape index (κ2) is 8.39. The Morgan fingerprint density at radius 2 is 1.97 bits per heavy atom. The summed E-state index contributed by atoms with van der Waals surface area (Å²) >= 11 is 0. The van der Waals surface area contributed by atoms with Crippen LogP contribution in [0, 0.1) is 0 Å². The van der Waals surface area contributed by atoms with E-state index < -0.39 is 0 Å². The molecule has 1 aliphatic heterocycles. The van der Waals surface area contributed by atoms with Crippen LogP contribution in [-0.4, -0.2) is 41.4 Å². The van der Waals surface area contributed by atoms with E-state index in [1.807, 2.05) is 36.3 Å². The topological polar surface area (TPSA) is 61.4 Å². The van der Waals surface area contributed by atoms with E-state index in [9.17, 15) is 4.79 Å². The van der Waals surface area contributed by atoms with Gasteiger partial charge in [0.05, 0.1) is 24.0 Å². The summed E-state index contributed by atoms with van der Waals surface area (Å²) in [6.45, 7) is 4.29. The molecule has 0 radical (unpaired) electrons. The molecule has 4 rings (SSSR count). The molecule has 0 saturated heterocycles. The molecule has 1 aromatic carbocycles. The number of carbonyl (C=O) groups excluding carboxylic acids is 1. The molecule has 6 nitrogen and oxygen atoms in total. The van der Waals surface area contributed by atoms with E-state index in [0.29, 0.717) is 12.0 Å². The standard InChI is InChI=1S/C23H31N5O/c1-4-19-21(15-29)27(3)20-14-24-23(25-16(2)17-10-6-5-7-11-17)26-22(20)28(19)18-12-8-9-13-18/h5-7,10-11,14-16,18-19,21H,4,8-9,12-13H2,1-3H3,(H,24,25,26). The zero-order chi connectivity index (χ0) is 20.4. The van der Waals surface area contributed by atoms with E-state index in [2.05, 4.69) is 41.2 Å². The van der Waals surface area contributed by atoms with E-state index in [4.69, 9.17) is 4.98 Å². The van der Waals surface area contributed by atoms with Crippen molar-refractivity contribution >= 4 is 23.7 Å². The number of nitrogens with zero attached hydrogens (tertiary/aromatic N) is 4. The molecule has 6 heteroatoms. The van der Waals surface area contributed by atoms with Crippen molar-refractivity contribution in [2.75, 3.05) is 22.2 Å². The highest BCUT2D eigenvalue weighted by molar-refractivity contribution is 5.79. The monoisotopic (exact) mass is 393 g/mol. The van der Waals surface area contributed by atoms with Gasteiger partial charge in [0.25, 0.3) is 0 Å². The molecular formula is C23H31N5O. The van der Waals surface area contributed by atoms with Gasteiger partial charge in [-0.2, -0.15) is 4.98 Å². The molecule has 1 N–H and O–H groups in total. The molecule has 1 saturated carbocycles. The molecule has 2 heterocycles. The van der Waals surface area contributed by atoms with Crippen LogP contribution in [-0.2, 0) is 4.79 Å². The maximum Gasteiger partial charge on any atom is 0.225 e. The van der Waals surface area contributed by atoms with Gasteiger partial charge in [0.15, 0.2) is 5.82 Å². The maximum atomic E-state index is 12.0. The third-order valence-corrected chi connectivity index (χ3v) is 6.49. The molecule has 2 aliphatic rings. The van der Waals surface area contributed by atoms with E-state index >= 15 is 0 Å². The van der Waals surface area contributed by atoms with Crippen molar-refractivity contribution in [2.45, 2.75) is 70.1 Å². The van der Waals surface area contributed by atoms with Gasteiger partial charge in [0.1, 0.15) is 12.3 Å². The van der Waals surface area contributed by atoms with Crippen molar-refractivity contribution in [3.63, 3.8) is 0 Å². The first-order valence-corrected chi connectivity index (χ1v) is 10.8. The number of hydrogen-bond acceptors (Lipinski definition) is 6. The van der Waals surface area contributed by atoms with Crippen molar-refractivity contribution < 1.29 is 4.79 Å². The molecule has 1 aliphatic carbocycles. The van der Waals surface area contributed by atoms with E-state index in [-0.39, 0.29) is 18.1 Å². The number of carbonyl (C=O) groups is 1. The van der Waals surface area contributed by atoms with Gasteiger partial charge in [-0.25, -0.2) is 4.98 Å². The summed E-state index contributed by atoms with van der Waals surface area (Å²) in [5.74, 6) is 1.60. The van der Waals surface area contributed by atoms with Crippen molar-refractivity contribution in [3.8, 4) is 0 Å². The fourth-order valence-corrected chi connectivity index (χ4v) is 4.88. The van der Waals surface area contributed by atoms with Crippen LogP contribution in [0.3, 0.4) is 0 Å². The average Bonchev–Trinajstić information content (AvgIpc) is 3.28. The van der Waals surface area contributed by atoms with Crippen LogP contribution in [0.25, 0.3) is 0 Å². The number of rotatable bonds is 6. The average molecular weight is 394 g/mol. The summed E-state index contributed by atoms with van der Waals surface area (Å²) < 4.78 is 0. The van der Waals surface area contributed by atoms with Gasteiger partial charge in [0.2, 0.25) is 5.95 Å². The lowest BCUT2D eigenvalue weighted by molar-refractivity contribution is -0.109. The number of hydrogen-bond donors (Lipinski definition) is 1. The molecule has 0 spiro atoms. The summed E-state index contributed by atoms with van der Waals surface area (Å²) in [5.41, 5.74) is 2.14. The number of fused-ring (bicyclic) bond motifs is 1. The molecule has 3 unspecified atom stereocenters. The van der Waals surface area contributed by atoms with Crippen LogP contribution in [0.5, 0.6) is 0 Å². The molecule has 154 valence electrons. The normalized spacial score (nSPS) is 23.0. The zero-order valence-electron chi connectivity index (χ0n) is 17.6. The Morgan fingerprint density at radius 3 is 2.62 bits per heavy atom. The van der Waals surface area contributed by atoms with Crippen LogP contribution in [0.15, 0.2) is 36.5 Å². The minimum atomic E-state index is -0.168. The van der Waals surface area contributed by atoms with E-state index in [1.165, 1.54) is 31.2 Å².